The van der Waals surface area contributed by atoms with Gasteiger partial charge in [-0.1, -0.05) is 25.6 Å². The number of rotatable bonds is 8. The third kappa shape index (κ3) is 4.99. The van der Waals surface area contributed by atoms with Crippen LogP contribution in [0.4, 0.5) is 5.69 Å². The smallest absolute Gasteiger partial charge is 0.251 e. The second-order valence-corrected chi connectivity index (χ2v) is 6.86. The maximum absolute atomic E-state index is 12.0. The molecule has 0 aliphatic heterocycles. The Morgan fingerprint density at radius 3 is 2.62 bits per heavy atom. The molecule has 0 radical (unpaired) electrons. The zero-order chi connectivity index (χ0) is 17.5. The van der Waals surface area contributed by atoms with Gasteiger partial charge in [-0.2, -0.15) is 0 Å². The number of aryl methyl sites for hydroxylation is 1. The lowest BCUT2D eigenvalue weighted by Gasteiger charge is -2.11. The van der Waals surface area contributed by atoms with E-state index >= 15 is 0 Å². The zero-order valence-corrected chi connectivity index (χ0v) is 15.3. The number of benzene rings is 1. The molecule has 130 valence electrons. The van der Waals surface area contributed by atoms with Crippen LogP contribution >= 0.6 is 11.8 Å². The topological polar surface area (TPSA) is 85.8 Å². The van der Waals surface area contributed by atoms with E-state index in [2.05, 4.69) is 33.9 Å². The quantitative estimate of drug-likeness (QED) is 0.435. The van der Waals surface area contributed by atoms with Crippen molar-refractivity contribution < 1.29 is 4.79 Å². The summed E-state index contributed by atoms with van der Waals surface area (Å²) in [4.78, 5) is 12.0. The first-order chi connectivity index (χ1) is 11.5. The molecule has 1 amide bonds. The van der Waals surface area contributed by atoms with Crippen LogP contribution in [-0.4, -0.2) is 33.5 Å². The van der Waals surface area contributed by atoms with Gasteiger partial charge in [0.15, 0.2) is 5.16 Å². The Morgan fingerprint density at radius 1 is 1.29 bits per heavy atom. The Morgan fingerprint density at radius 2 is 2.00 bits per heavy atom. The van der Waals surface area contributed by atoms with Crippen LogP contribution in [0.1, 0.15) is 36.5 Å². The fourth-order valence-electron chi connectivity index (χ4n) is 2.39. The van der Waals surface area contributed by atoms with Gasteiger partial charge in [-0.15, -0.1) is 10.2 Å². The minimum absolute atomic E-state index is 0.0801. The molecule has 0 fully saturated rings. The number of hydrogen-bond donors (Lipinski definition) is 2. The highest BCUT2D eigenvalue weighted by atomic mass is 32.2. The first-order valence-electron chi connectivity index (χ1n) is 8.11. The monoisotopic (exact) mass is 347 g/mol. The number of anilines is 1. The summed E-state index contributed by atoms with van der Waals surface area (Å²) < 4.78 is 2.18. The van der Waals surface area contributed by atoms with Crippen LogP contribution in [0.2, 0.25) is 0 Å². The van der Waals surface area contributed by atoms with Gasteiger partial charge in [-0.05, 0) is 42.9 Å². The van der Waals surface area contributed by atoms with Crippen molar-refractivity contribution >= 4 is 23.4 Å². The first-order valence-corrected chi connectivity index (χ1v) is 9.33. The summed E-state index contributed by atoms with van der Waals surface area (Å²) in [6.45, 7) is 5.88. The lowest BCUT2D eigenvalue weighted by molar-refractivity contribution is 0.0953. The van der Waals surface area contributed by atoms with Crippen LogP contribution in [0.25, 0.3) is 0 Å². The van der Waals surface area contributed by atoms with Crippen LogP contribution in [0.15, 0.2) is 29.4 Å². The standard InChI is InChI=1S/C17H25N5OS/c1-12(2)11-22-15(20-21-17(22)24-3)5-4-10-19-16(23)13-6-8-14(18)9-7-13/h6-9,12H,4-5,10-11,18H2,1-3H3,(H,19,23). The molecule has 1 aromatic carbocycles. The van der Waals surface area contributed by atoms with Gasteiger partial charge >= 0.3 is 0 Å². The van der Waals surface area contributed by atoms with E-state index in [-0.39, 0.29) is 5.91 Å². The SMILES string of the molecule is CSc1nnc(CCCNC(=O)c2ccc(N)cc2)n1CC(C)C. The maximum atomic E-state index is 12.0. The van der Waals surface area contributed by atoms with E-state index in [0.717, 1.165) is 30.4 Å². The lowest BCUT2D eigenvalue weighted by Crippen LogP contribution is -2.25. The van der Waals surface area contributed by atoms with Crippen LogP contribution < -0.4 is 11.1 Å². The highest BCUT2D eigenvalue weighted by molar-refractivity contribution is 7.98. The van der Waals surface area contributed by atoms with Crippen molar-refractivity contribution in [3.63, 3.8) is 0 Å². The molecule has 0 aliphatic carbocycles. The summed E-state index contributed by atoms with van der Waals surface area (Å²) in [7, 11) is 0. The van der Waals surface area contributed by atoms with Gasteiger partial charge < -0.3 is 15.6 Å². The first kappa shape index (κ1) is 18.3. The molecule has 0 saturated heterocycles. The number of amides is 1. The van der Waals surface area contributed by atoms with Crippen LogP contribution in [0.5, 0.6) is 0 Å². The normalized spacial score (nSPS) is 11.0. The Hall–Kier alpha value is -2.02. The number of aromatic nitrogens is 3. The molecule has 24 heavy (non-hydrogen) atoms. The van der Waals surface area contributed by atoms with E-state index in [1.165, 1.54) is 0 Å². The molecule has 0 aliphatic rings. The third-order valence-corrected chi connectivity index (χ3v) is 4.23. The predicted octanol–water partition coefficient (Wildman–Crippen LogP) is 2.60. The number of nitrogens with two attached hydrogens (primary N) is 1. The molecule has 1 aromatic heterocycles. The van der Waals surface area contributed by atoms with E-state index in [9.17, 15) is 4.79 Å². The number of thioether (sulfide) groups is 1. The van der Waals surface area contributed by atoms with Crippen molar-refractivity contribution in [3.8, 4) is 0 Å². The fraction of sp³-hybridized carbons (Fsp3) is 0.471. The average molecular weight is 347 g/mol. The highest BCUT2D eigenvalue weighted by Gasteiger charge is 2.12. The zero-order valence-electron chi connectivity index (χ0n) is 14.5. The van der Waals surface area contributed by atoms with Gasteiger partial charge in [-0.3, -0.25) is 4.79 Å². The van der Waals surface area contributed by atoms with Crippen LogP contribution in [0.3, 0.4) is 0 Å². The average Bonchev–Trinajstić information content (AvgIpc) is 2.93. The molecule has 2 aromatic rings. The summed E-state index contributed by atoms with van der Waals surface area (Å²) in [5, 5.41) is 12.4. The molecular weight excluding hydrogens is 322 g/mol. The van der Waals surface area contributed by atoms with Crippen LogP contribution in [0, 0.1) is 5.92 Å². The second kappa shape index (κ2) is 8.73. The molecule has 0 saturated carbocycles. The maximum Gasteiger partial charge on any atom is 0.251 e. The molecule has 6 nitrogen and oxygen atoms in total. The van der Waals surface area contributed by atoms with Gasteiger partial charge in [0.05, 0.1) is 0 Å². The Labute approximate surface area is 147 Å². The largest absolute Gasteiger partial charge is 0.399 e. The highest BCUT2D eigenvalue weighted by Crippen LogP contribution is 2.16. The number of nitrogen functional groups attached to an aromatic ring is 1. The second-order valence-electron chi connectivity index (χ2n) is 6.09. The van der Waals surface area contributed by atoms with Gasteiger partial charge in [0, 0.05) is 30.8 Å². The van der Waals surface area contributed by atoms with E-state index < -0.39 is 0 Å². The van der Waals surface area contributed by atoms with Crippen molar-refractivity contribution in [2.45, 2.75) is 38.4 Å². The summed E-state index contributed by atoms with van der Waals surface area (Å²) in [6.07, 6.45) is 3.63. The van der Waals surface area contributed by atoms with E-state index in [0.29, 0.717) is 23.7 Å². The van der Waals surface area contributed by atoms with Crippen molar-refractivity contribution in [1.29, 1.82) is 0 Å². The van der Waals surface area contributed by atoms with E-state index in [1.807, 2.05) is 6.26 Å². The summed E-state index contributed by atoms with van der Waals surface area (Å²) in [6, 6.07) is 6.92. The lowest BCUT2D eigenvalue weighted by atomic mass is 10.2. The number of carbonyl (C=O) groups excluding carboxylic acids is 1. The number of carbonyl (C=O) groups is 1. The van der Waals surface area contributed by atoms with E-state index in [1.54, 1.807) is 36.0 Å². The molecule has 0 bridgehead atoms. The number of hydrogen-bond acceptors (Lipinski definition) is 5. The fourth-order valence-corrected chi connectivity index (χ4v) is 2.91. The van der Waals surface area contributed by atoms with Gasteiger partial charge in [0.25, 0.3) is 5.91 Å². The number of nitrogens with zero attached hydrogens (tertiary/aromatic N) is 3. The molecule has 0 unspecified atom stereocenters. The van der Waals surface area contributed by atoms with Crippen molar-refractivity contribution in [2.24, 2.45) is 5.92 Å². The third-order valence-electron chi connectivity index (χ3n) is 3.56. The van der Waals surface area contributed by atoms with Crippen LogP contribution in [-0.2, 0) is 13.0 Å². The number of nitrogens with one attached hydrogen (secondary N) is 1. The Bertz CT molecular complexity index is 666. The molecular formula is C17H25N5OS. The van der Waals surface area contributed by atoms with Crippen molar-refractivity contribution in [1.82, 2.24) is 20.1 Å². The molecule has 2 rings (SSSR count). The van der Waals surface area contributed by atoms with Gasteiger partial charge in [-0.25, -0.2) is 0 Å². The van der Waals surface area contributed by atoms with Gasteiger partial charge in [0.1, 0.15) is 5.82 Å². The molecule has 0 atom stereocenters. The van der Waals surface area contributed by atoms with Crippen molar-refractivity contribution in [3.05, 3.63) is 35.7 Å². The predicted molar refractivity (Wildman–Crippen MR) is 98.1 cm³/mol. The molecule has 1 heterocycles. The Balaban J connectivity index is 1.85. The van der Waals surface area contributed by atoms with Crippen molar-refractivity contribution in [2.75, 3.05) is 18.5 Å². The Kier molecular flexibility index (Phi) is 6.66. The molecule has 3 N–H and O–H groups in total. The molecule has 7 heteroatoms. The summed E-state index contributed by atoms with van der Waals surface area (Å²) in [5.74, 6) is 1.44. The molecule has 0 spiro atoms. The summed E-state index contributed by atoms with van der Waals surface area (Å²) >= 11 is 1.61. The minimum atomic E-state index is -0.0801. The summed E-state index contributed by atoms with van der Waals surface area (Å²) in [5.41, 5.74) is 6.90. The van der Waals surface area contributed by atoms with Gasteiger partial charge in [0.2, 0.25) is 0 Å². The van der Waals surface area contributed by atoms with E-state index in [4.69, 9.17) is 5.73 Å². The minimum Gasteiger partial charge on any atom is -0.399 e.